The van der Waals surface area contributed by atoms with Gasteiger partial charge in [-0.05, 0) is 12.1 Å². The molecule has 1 aromatic carbocycles. The molecule has 0 bridgehead atoms. The van der Waals surface area contributed by atoms with Crippen LogP contribution in [0, 0.1) is 10.1 Å². The Kier molecular flexibility index (Phi) is 1.96. The second-order valence-corrected chi connectivity index (χ2v) is 2.94. The fourth-order valence-corrected chi connectivity index (χ4v) is 1.36. The second kappa shape index (κ2) is 3.16. The molecule has 15 heavy (non-hydrogen) atoms. The Morgan fingerprint density at radius 2 is 2.27 bits per heavy atom. The minimum absolute atomic E-state index is 0.296. The highest BCUT2D eigenvalue weighted by Gasteiger charge is 2.18. The highest BCUT2D eigenvalue weighted by atomic mass is 16.6. The van der Waals surface area contributed by atoms with Gasteiger partial charge in [-0.15, -0.1) is 0 Å². The smallest absolute Gasteiger partial charge is 0.434 e. The van der Waals surface area contributed by atoms with E-state index in [0.29, 0.717) is 22.4 Å². The summed E-state index contributed by atoms with van der Waals surface area (Å²) in [6, 6.07) is 4.50. The molecule has 0 radical (unpaired) electrons. The van der Waals surface area contributed by atoms with Crippen LogP contribution in [-0.2, 0) is 0 Å². The van der Waals surface area contributed by atoms with E-state index in [4.69, 9.17) is 14.9 Å². The topological polar surface area (TPSA) is 91.5 Å². The lowest BCUT2D eigenvalue weighted by Crippen LogP contribution is -1.87. The quantitative estimate of drug-likeness (QED) is 0.462. The van der Waals surface area contributed by atoms with Crippen molar-refractivity contribution in [3.05, 3.63) is 28.3 Å². The third kappa shape index (κ3) is 1.35. The molecule has 2 aromatic rings. The average molecular weight is 208 g/mol. The van der Waals surface area contributed by atoms with Crippen molar-refractivity contribution < 1.29 is 14.1 Å². The summed E-state index contributed by atoms with van der Waals surface area (Å²) in [4.78, 5) is 9.90. The van der Waals surface area contributed by atoms with Gasteiger partial charge in [0.25, 0.3) is 0 Å². The summed E-state index contributed by atoms with van der Waals surface area (Å²) in [6.45, 7) is 0. The Hall–Kier alpha value is -2.24. The Bertz CT molecular complexity index is 532. The molecule has 0 aliphatic carbocycles. The highest BCUT2D eigenvalue weighted by molar-refractivity contribution is 5.94. The first-order chi connectivity index (χ1) is 7.13. The van der Waals surface area contributed by atoms with Crippen molar-refractivity contribution in [1.82, 2.24) is 0 Å². The predicted molar refractivity (Wildman–Crippen MR) is 53.8 cm³/mol. The van der Waals surface area contributed by atoms with E-state index in [1.807, 2.05) is 0 Å². The van der Waals surface area contributed by atoms with Gasteiger partial charge < -0.3 is 14.9 Å². The number of nitrogens with zero attached hydrogens (tertiary/aromatic N) is 1. The van der Waals surface area contributed by atoms with Crippen LogP contribution in [-0.4, -0.2) is 12.0 Å². The Balaban J connectivity index is 2.77. The summed E-state index contributed by atoms with van der Waals surface area (Å²) in [5.74, 6) is 0.0773. The van der Waals surface area contributed by atoms with Crippen molar-refractivity contribution in [3.8, 4) is 5.75 Å². The van der Waals surface area contributed by atoms with Crippen LogP contribution in [0.3, 0.4) is 0 Å². The third-order valence-electron chi connectivity index (χ3n) is 2.07. The van der Waals surface area contributed by atoms with E-state index >= 15 is 0 Å². The monoisotopic (exact) mass is 208 g/mol. The number of furan rings is 1. The molecule has 0 atom stereocenters. The molecular formula is C9H8N2O4. The maximum atomic E-state index is 10.5. The standard InChI is InChI=1S/C9H8N2O4/c1-14-7-3-2-6(10)5-4-8(11(12)13)15-9(5)7/h2-4H,10H2,1H3. The molecule has 0 aliphatic heterocycles. The molecule has 6 heteroatoms. The maximum absolute atomic E-state index is 10.5. The van der Waals surface area contributed by atoms with Crippen LogP contribution < -0.4 is 10.5 Å². The first kappa shape index (κ1) is 9.32. The lowest BCUT2D eigenvalue weighted by atomic mass is 10.2. The van der Waals surface area contributed by atoms with Crippen LogP contribution in [0.15, 0.2) is 22.6 Å². The predicted octanol–water partition coefficient (Wildman–Crippen LogP) is 1.93. The number of nitrogen functional groups attached to an aromatic ring is 1. The van der Waals surface area contributed by atoms with Gasteiger partial charge in [0.05, 0.1) is 18.6 Å². The van der Waals surface area contributed by atoms with Gasteiger partial charge in [0.2, 0.25) is 0 Å². The summed E-state index contributed by atoms with van der Waals surface area (Å²) in [6.07, 6.45) is 0. The zero-order chi connectivity index (χ0) is 11.0. The largest absolute Gasteiger partial charge is 0.493 e. The lowest BCUT2D eigenvalue weighted by Gasteiger charge is -2.00. The van der Waals surface area contributed by atoms with E-state index in [9.17, 15) is 10.1 Å². The molecule has 0 unspecified atom stereocenters. The van der Waals surface area contributed by atoms with Crippen molar-refractivity contribution in [3.63, 3.8) is 0 Å². The van der Waals surface area contributed by atoms with Crippen LogP contribution in [0.1, 0.15) is 0 Å². The fraction of sp³-hybridized carbons (Fsp3) is 0.111. The van der Waals surface area contributed by atoms with Gasteiger partial charge >= 0.3 is 5.88 Å². The number of rotatable bonds is 2. The van der Waals surface area contributed by atoms with E-state index in [2.05, 4.69) is 0 Å². The number of methoxy groups -OCH3 is 1. The molecular weight excluding hydrogens is 200 g/mol. The summed E-state index contributed by atoms with van der Waals surface area (Å²) in [5, 5.41) is 11.0. The molecule has 0 spiro atoms. The van der Waals surface area contributed by atoms with Crippen molar-refractivity contribution in [1.29, 1.82) is 0 Å². The average Bonchev–Trinajstić information content (AvgIpc) is 2.64. The van der Waals surface area contributed by atoms with E-state index in [1.165, 1.54) is 13.2 Å². The Morgan fingerprint density at radius 3 is 2.87 bits per heavy atom. The molecule has 0 amide bonds. The van der Waals surface area contributed by atoms with Gasteiger partial charge in [-0.25, -0.2) is 0 Å². The van der Waals surface area contributed by atoms with Crippen molar-refractivity contribution in [2.75, 3.05) is 12.8 Å². The van der Waals surface area contributed by atoms with Crippen molar-refractivity contribution in [2.45, 2.75) is 0 Å². The minimum atomic E-state index is -0.612. The van der Waals surface area contributed by atoms with Gasteiger partial charge in [-0.3, -0.25) is 10.1 Å². The second-order valence-electron chi connectivity index (χ2n) is 2.94. The van der Waals surface area contributed by atoms with E-state index in [0.717, 1.165) is 0 Å². The zero-order valence-electron chi connectivity index (χ0n) is 7.89. The summed E-state index contributed by atoms with van der Waals surface area (Å²) >= 11 is 0. The Morgan fingerprint density at radius 1 is 1.53 bits per heavy atom. The van der Waals surface area contributed by atoms with Crippen molar-refractivity contribution in [2.24, 2.45) is 0 Å². The number of hydrogen-bond acceptors (Lipinski definition) is 5. The number of hydrogen-bond donors (Lipinski definition) is 1. The number of anilines is 1. The maximum Gasteiger partial charge on any atom is 0.434 e. The molecule has 0 saturated heterocycles. The van der Waals surface area contributed by atoms with Gasteiger partial charge in [0.1, 0.15) is 4.92 Å². The third-order valence-corrected chi connectivity index (χ3v) is 2.07. The first-order valence-electron chi connectivity index (χ1n) is 4.14. The molecule has 6 nitrogen and oxygen atoms in total. The van der Waals surface area contributed by atoms with Crippen LogP contribution in [0.5, 0.6) is 5.75 Å². The van der Waals surface area contributed by atoms with Gasteiger partial charge in [-0.1, -0.05) is 0 Å². The van der Waals surface area contributed by atoms with E-state index < -0.39 is 4.92 Å². The summed E-state index contributed by atoms with van der Waals surface area (Å²) in [7, 11) is 1.46. The summed E-state index contributed by atoms with van der Waals surface area (Å²) in [5.41, 5.74) is 6.37. The molecule has 0 saturated carbocycles. The molecule has 0 aliphatic rings. The van der Waals surface area contributed by atoms with Crippen molar-refractivity contribution >= 4 is 22.5 Å². The van der Waals surface area contributed by atoms with Gasteiger partial charge in [-0.2, -0.15) is 0 Å². The van der Waals surface area contributed by atoms with E-state index in [1.54, 1.807) is 12.1 Å². The SMILES string of the molecule is COc1ccc(N)c2cc([N+](=O)[O-])oc12. The fourth-order valence-electron chi connectivity index (χ4n) is 1.36. The molecule has 2 rings (SSSR count). The lowest BCUT2D eigenvalue weighted by molar-refractivity contribution is -0.401. The van der Waals surface area contributed by atoms with Crippen LogP contribution in [0.25, 0.3) is 11.0 Å². The zero-order valence-corrected chi connectivity index (χ0v) is 7.89. The van der Waals surface area contributed by atoms with Gasteiger partial charge in [0.15, 0.2) is 11.3 Å². The number of nitro groups is 1. The first-order valence-corrected chi connectivity index (χ1v) is 4.14. The summed E-state index contributed by atoms with van der Waals surface area (Å²) < 4.78 is 10.0. The Labute approximate surface area is 84.4 Å². The molecule has 1 heterocycles. The minimum Gasteiger partial charge on any atom is -0.493 e. The highest BCUT2D eigenvalue weighted by Crippen LogP contribution is 2.35. The van der Waals surface area contributed by atoms with Gasteiger partial charge in [0, 0.05) is 5.69 Å². The normalized spacial score (nSPS) is 10.5. The number of fused-ring (bicyclic) bond motifs is 1. The van der Waals surface area contributed by atoms with Crippen LogP contribution >= 0.6 is 0 Å². The number of benzene rings is 1. The molecule has 2 N–H and O–H groups in total. The molecule has 0 fully saturated rings. The number of nitrogens with two attached hydrogens (primary N) is 1. The molecule has 1 aromatic heterocycles. The van der Waals surface area contributed by atoms with Crippen LogP contribution in [0.4, 0.5) is 11.6 Å². The number of ether oxygens (including phenoxy) is 1. The van der Waals surface area contributed by atoms with E-state index in [-0.39, 0.29) is 5.88 Å². The molecule has 78 valence electrons. The van der Waals surface area contributed by atoms with Crippen LogP contribution in [0.2, 0.25) is 0 Å².